The van der Waals surface area contributed by atoms with Gasteiger partial charge in [0.2, 0.25) is 35.4 Å². The van der Waals surface area contributed by atoms with Gasteiger partial charge < -0.3 is 46.9 Å². The topological polar surface area (TPSA) is 293 Å². The lowest BCUT2D eigenvalue weighted by Gasteiger charge is -2.29. The average Bonchev–Trinajstić information content (AvgIpc) is 3.26. The van der Waals surface area contributed by atoms with Crippen LogP contribution < -0.4 is 31.9 Å². The molecule has 0 bridgehead atoms. The Labute approximate surface area is 435 Å². The van der Waals surface area contributed by atoms with Crippen LogP contribution in [0, 0.1) is 41.4 Å². The third kappa shape index (κ3) is 28.2. The first-order chi connectivity index (χ1) is 34.1. The maximum atomic E-state index is 14.2. The van der Waals surface area contributed by atoms with Gasteiger partial charge in [0.15, 0.2) is 5.78 Å². The number of cyclic esters (lactones) is 1. The molecule has 1 saturated heterocycles. The van der Waals surface area contributed by atoms with Gasteiger partial charge in [-0.05, 0) is 80.5 Å². The van der Waals surface area contributed by atoms with Gasteiger partial charge in [-0.3, -0.25) is 43.2 Å². The highest BCUT2D eigenvalue weighted by molar-refractivity contribution is 5.98. The van der Waals surface area contributed by atoms with E-state index in [0.717, 1.165) is 38.5 Å². The van der Waals surface area contributed by atoms with Crippen LogP contribution in [0.25, 0.3) is 0 Å². The number of carbonyl (C=O) groups excluding carboxylic acids is 8. The number of esters is 1. The molecule has 1 heterocycles. The largest absolute Gasteiger partial charge is 0.481 e. The lowest BCUT2D eigenvalue weighted by atomic mass is 9.89. The summed E-state index contributed by atoms with van der Waals surface area (Å²) in [6.45, 7) is 22.2. The number of carbonyl (C=O) groups is 10. The minimum absolute atomic E-state index is 0.0670. The number of hydrogen-bond acceptors (Lipinski definition) is 11. The van der Waals surface area contributed by atoms with Crippen LogP contribution in [-0.4, -0.2) is 112 Å². The second kappa shape index (κ2) is 34.4. The summed E-state index contributed by atoms with van der Waals surface area (Å²) in [5.74, 6) is -11.0. The Morgan fingerprint density at radius 1 is 0.479 bits per heavy atom. The lowest BCUT2D eigenvalue weighted by Crippen LogP contribution is -2.58. The van der Waals surface area contributed by atoms with E-state index in [9.17, 15) is 58.2 Å². The van der Waals surface area contributed by atoms with E-state index >= 15 is 0 Å². The fourth-order valence-electron chi connectivity index (χ4n) is 8.87. The van der Waals surface area contributed by atoms with Gasteiger partial charge in [0, 0.05) is 12.8 Å². The molecule has 0 aromatic rings. The van der Waals surface area contributed by atoms with Crippen molar-refractivity contribution in [2.75, 3.05) is 0 Å². The molecule has 73 heavy (non-hydrogen) atoms. The Morgan fingerprint density at radius 2 is 0.904 bits per heavy atom. The standard InChI is InChI=1S/C54H94N6O13/c1-31(2)20-18-16-14-13-15-17-19-21-38-30-45(62)55-39(22-23-46(63)64)50(68)57-41(25-33(5)6)51(69)58-42(26-34(7)8)53(71)60-48(36(11)12)44(61)28-37(29-47(65)66)49(67)56-40(24-32(3)4)52(70)59-43(27-35(9)10)54(72)73-38/h31-43,48H,13-30H2,1-12H3,(H,55,62)(H,56,67)(H,57,68)(H,58,69)(H,59,70)(H,60,71)(H,63,64)(H,65,66)/t37-,38+,39-,40+,41-,42+,43-,48-/m0/s1. The molecule has 418 valence electrons. The molecule has 0 aromatic heterocycles. The molecule has 19 nitrogen and oxygen atoms in total. The molecule has 1 rings (SSSR count). The number of amides is 6. The molecular weight excluding hydrogens is 941 g/mol. The van der Waals surface area contributed by atoms with E-state index < -0.39 is 139 Å². The molecule has 0 spiro atoms. The Morgan fingerprint density at radius 3 is 1.36 bits per heavy atom. The van der Waals surface area contributed by atoms with E-state index in [1.54, 1.807) is 27.7 Å². The van der Waals surface area contributed by atoms with Crippen LogP contribution in [0.15, 0.2) is 0 Å². The van der Waals surface area contributed by atoms with E-state index in [2.05, 4.69) is 45.7 Å². The normalized spacial score (nSPS) is 24.1. The van der Waals surface area contributed by atoms with Crippen molar-refractivity contribution in [3.05, 3.63) is 0 Å². The number of unbranched alkanes of at least 4 members (excludes halogenated alkanes) is 6. The van der Waals surface area contributed by atoms with E-state index in [1.807, 2.05) is 41.5 Å². The van der Waals surface area contributed by atoms with Crippen LogP contribution in [0.4, 0.5) is 0 Å². The van der Waals surface area contributed by atoms with E-state index in [1.165, 1.54) is 6.42 Å². The Bertz CT molecular complexity index is 1800. The maximum Gasteiger partial charge on any atom is 0.328 e. The Balaban J connectivity index is 3.95. The number of nitrogens with one attached hydrogen (secondary N) is 6. The van der Waals surface area contributed by atoms with Crippen LogP contribution in [0.1, 0.15) is 199 Å². The number of ketones is 1. The molecule has 19 heteroatoms. The summed E-state index contributed by atoms with van der Waals surface area (Å²) in [5.41, 5.74) is 0. The number of carboxylic acids is 2. The van der Waals surface area contributed by atoms with Gasteiger partial charge in [-0.1, -0.05) is 128 Å². The summed E-state index contributed by atoms with van der Waals surface area (Å²) < 4.78 is 6.05. The number of rotatable bonds is 24. The lowest BCUT2D eigenvalue weighted by molar-refractivity contribution is -0.155. The summed E-state index contributed by atoms with van der Waals surface area (Å²) in [6.07, 6.45) is 4.64. The summed E-state index contributed by atoms with van der Waals surface area (Å²) in [6, 6.07) is -7.71. The van der Waals surface area contributed by atoms with Crippen molar-refractivity contribution in [1.82, 2.24) is 31.9 Å². The molecular formula is C54H94N6O13. The van der Waals surface area contributed by atoms with Gasteiger partial charge in [0.1, 0.15) is 36.3 Å². The zero-order valence-corrected chi connectivity index (χ0v) is 46.2. The van der Waals surface area contributed by atoms with E-state index in [-0.39, 0.29) is 62.2 Å². The van der Waals surface area contributed by atoms with Crippen LogP contribution in [0.2, 0.25) is 0 Å². The highest BCUT2D eigenvalue weighted by Gasteiger charge is 2.37. The van der Waals surface area contributed by atoms with Gasteiger partial charge in [-0.15, -0.1) is 0 Å². The predicted molar refractivity (Wildman–Crippen MR) is 277 cm³/mol. The smallest absolute Gasteiger partial charge is 0.328 e. The summed E-state index contributed by atoms with van der Waals surface area (Å²) in [5, 5.41) is 35.7. The van der Waals surface area contributed by atoms with Crippen LogP contribution in [-0.2, 0) is 52.7 Å². The van der Waals surface area contributed by atoms with Gasteiger partial charge in [-0.2, -0.15) is 0 Å². The van der Waals surface area contributed by atoms with Gasteiger partial charge >= 0.3 is 17.9 Å². The molecule has 8 atom stereocenters. The highest BCUT2D eigenvalue weighted by Crippen LogP contribution is 2.21. The first-order valence-electron chi connectivity index (χ1n) is 27.1. The molecule has 8 N–H and O–H groups in total. The van der Waals surface area contributed by atoms with Crippen molar-refractivity contribution in [3.8, 4) is 0 Å². The molecule has 0 saturated carbocycles. The zero-order valence-electron chi connectivity index (χ0n) is 46.2. The summed E-state index contributed by atoms with van der Waals surface area (Å²) in [4.78, 5) is 137. The first-order valence-corrected chi connectivity index (χ1v) is 27.1. The zero-order chi connectivity index (χ0) is 55.5. The number of Topliss-reactive ketones (excluding diaryl/α,β-unsaturated/α-hetero) is 1. The summed E-state index contributed by atoms with van der Waals surface area (Å²) >= 11 is 0. The van der Waals surface area contributed by atoms with Crippen LogP contribution in [0.5, 0.6) is 0 Å². The minimum Gasteiger partial charge on any atom is -0.481 e. The average molecular weight is 1040 g/mol. The molecule has 0 aliphatic carbocycles. The van der Waals surface area contributed by atoms with Crippen molar-refractivity contribution in [3.63, 3.8) is 0 Å². The monoisotopic (exact) mass is 1030 g/mol. The molecule has 1 fully saturated rings. The highest BCUT2D eigenvalue weighted by atomic mass is 16.5. The SMILES string of the molecule is CC(C)CCCCCCCCC[C@@H]1CC(=O)N[C@@H](CCC(=O)O)C(=O)N[C@@H](CC(C)C)C(=O)N[C@H](CC(C)C)C(=O)N[C@@H](C(C)C)C(=O)C[C@@H](CC(=O)O)C(=O)N[C@H](CC(C)C)C(=O)N[C@@H](CC(C)C)C(=O)O1. The number of aliphatic carboxylic acids is 2. The van der Waals surface area contributed by atoms with Crippen molar-refractivity contribution in [1.29, 1.82) is 0 Å². The van der Waals surface area contributed by atoms with Gasteiger partial charge in [-0.25, -0.2) is 4.79 Å². The third-order valence-corrected chi connectivity index (χ3v) is 12.7. The van der Waals surface area contributed by atoms with Gasteiger partial charge in [0.25, 0.3) is 0 Å². The van der Waals surface area contributed by atoms with Crippen LogP contribution in [0.3, 0.4) is 0 Å². The van der Waals surface area contributed by atoms with Crippen molar-refractivity contribution in [2.24, 2.45) is 41.4 Å². The van der Waals surface area contributed by atoms with Crippen molar-refractivity contribution >= 4 is 59.1 Å². The van der Waals surface area contributed by atoms with Gasteiger partial charge in [0.05, 0.1) is 24.8 Å². The Hall–Kier alpha value is -5.10. The second-order valence-corrected chi connectivity index (χ2v) is 22.7. The van der Waals surface area contributed by atoms with Crippen molar-refractivity contribution < 1.29 is 62.9 Å². The van der Waals surface area contributed by atoms with Crippen molar-refractivity contribution in [2.45, 2.75) is 241 Å². The number of hydrogen-bond donors (Lipinski definition) is 8. The first kappa shape index (κ1) is 65.9. The summed E-state index contributed by atoms with van der Waals surface area (Å²) in [7, 11) is 0. The Kier molecular flexibility index (Phi) is 31.1. The molecule has 0 aromatic carbocycles. The molecule has 0 unspecified atom stereocenters. The van der Waals surface area contributed by atoms with Crippen LogP contribution >= 0.6 is 0 Å². The number of carboxylic acid groups (broad SMARTS) is 2. The third-order valence-electron chi connectivity index (χ3n) is 12.7. The fourth-order valence-corrected chi connectivity index (χ4v) is 8.87. The molecule has 0 radical (unpaired) electrons. The fraction of sp³-hybridized carbons (Fsp3) is 0.815. The maximum absolute atomic E-state index is 14.2. The molecule has 1 aliphatic rings. The van der Waals surface area contributed by atoms with E-state index in [4.69, 9.17) is 4.74 Å². The molecule has 6 amide bonds. The quantitative estimate of drug-likeness (QED) is 0.0399. The second-order valence-electron chi connectivity index (χ2n) is 22.7. The predicted octanol–water partition coefficient (Wildman–Crippen LogP) is 6.13. The minimum atomic E-state index is -1.47. The molecule has 1 aliphatic heterocycles. The van der Waals surface area contributed by atoms with E-state index in [0.29, 0.717) is 12.3 Å². The number of ether oxygens (including phenoxy) is 1.